The molecule has 0 aliphatic carbocycles. The average Bonchev–Trinajstić information content (AvgIpc) is 2.89. The van der Waals surface area contributed by atoms with Crippen LogP contribution in [0.3, 0.4) is 0 Å². The molecule has 0 spiro atoms. The van der Waals surface area contributed by atoms with Gasteiger partial charge in [0.25, 0.3) is 0 Å². The minimum Gasteiger partial charge on any atom is -0.384 e. The normalized spacial score (nSPS) is 17.3. The molecular weight excluding hydrogens is 310 g/mol. The van der Waals surface area contributed by atoms with Gasteiger partial charge in [0.2, 0.25) is 5.91 Å². The number of rotatable bonds is 5. The minimum atomic E-state index is -0.427. The van der Waals surface area contributed by atoms with E-state index in [-0.39, 0.29) is 18.3 Å². The van der Waals surface area contributed by atoms with Gasteiger partial charge in [-0.3, -0.25) is 4.79 Å². The number of halogens is 1. The highest BCUT2D eigenvalue weighted by Crippen LogP contribution is 2.32. The van der Waals surface area contributed by atoms with E-state index in [1.54, 1.807) is 18.4 Å². The molecule has 1 amide bonds. The molecule has 2 N–H and O–H groups in total. The summed E-state index contributed by atoms with van der Waals surface area (Å²) in [7, 11) is 1.65. The van der Waals surface area contributed by atoms with Crippen molar-refractivity contribution >= 4 is 34.8 Å². The smallest absolute Gasteiger partial charge is 0.234 e. The molecule has 2 rings (SSSR count). The molecule has 0 aromatic carbocycles. The maximum atomic E-state index is 12.6. The molecule has 7 heteroatoms. The third-order valence-electron chi connectivity index (χ3n) is 3.78. The zero-order valence-electron chi connectivity index (χ0n) is 12.8. The number of aromatic nitrogens is 1. The molecule has 120 valence electrons. The van der Waals surface area contributed by atoms with Crippen molar-refractivity contribution < 1.29 is 9.53 Å². The summed E-state index contributed by atoms with van der Waals surface area (Å²) in [4.78, 5) is 18.1. The summed E-state index contributed by atoms with van der Waals surface area (Å²) >= 11 is 1.55. The molecule has 1 aliphatic rings. The van der Waals surface area contributed by atoms with Crippen LogP contribution < -0.4 is 10.6 Å². The van der Waals surface area contributed by atoms with Gasteiger partial charge in [0, 0.05) is 18.2 Å². The number of nitrogens with zero attached hydrogens (tertiary/aromatic N) is 1. The minimum absolute atomic E-state index is 0. The van der Waals surface area contributed by atoms with Gasteiger partial charge < -0.3 is 15.4 Å². The third-order valence-corrected chi connectivity index (χ3v) is 4.99. The number of carbonyl (C=O) groups is 1. The van der Waals surface area contributed by atoms with E-state index >= 15 is 0 Å². The summed E-state index contributed by atoms with van der Waals surface area (Å²) in [5, 5.41) is 6.95. The zero-order valence-corrected chi connectivity index (χ0v) is 14.4. The maximum absolute atomic E-state index is 12.6. The summed E-state index contributed by atoms with van der Waals surface area (Å²) in [6, 6.07) is 0. The van der Waals surface area contributed by atoms with Gasteiger partial charge in [-0.1, -0.05) is 13.8 Å². The second-order valence-corrected chi connectivity index (χ2v) is 6.70. The molecule has 0 unspecified atom stereocenters. The summed E-state index contributed by atoms with van der Waals surface area (Å²) in [6.07, 6.45) is 3.44. The molecule has 1 aromatic rings. The average molecular weight is 334 g/mol. The molecule has 0 saturated carbocycles. The Hall–Kier alpha value is -0.690. The number of methoxy groups -OCH3 is 1. The van der Waals surface area contributed by atoms with Crippen LogP contribution >= 0.6 is 23.7 Å². The van der Waals surface area contributed by atoms with Crippen LogP contribution in [0, 0.1) is 5.41 Å². The highest BCUT2D eigenvalue weighted by atomic mass is 35.5. The van der Waals surface area contributed by atoms with Crippen molar-refractivity contribution in [1.29, 1.82) is 0 Å². The number of carbonyl (C=O) groups excluding carboxylic acids is 1. The second kappa shape index (κ2) is 8.08. The summed E-state index contributed by atoms with van der Waals surface area (Å²) in [5.41, 5.74) is -0.427. The topological polar surface area (TPSA) is 63.2 Å². The first kappa shape index (κ1) is 18.4. The molecule has 1 aromatic heterocycles. The van der Waals surface area contributed by atoms with E-state index in [0.29, 0.717) is 17.7 Å². The van der Waals surface area contributed by atoms with Gasteiger partial charge in [0.1, 0.15) is 0 Å². The van der Waals surface area contributed by atoms with Crippen molar-refractivity contribution in [3.8, 4) is 0 Å². The molecule has 0 atom stereocenters. The number of ether oxygens (including phenoxy) is 1. The Morgan fingerprint density at radius 3 is 2.71 bits per heavy atom. The first-order chi connectivity index (χ1) is 9.57. The first-order valence-electron chi connectivity index (χ1n) is 7.04. The Balaban J connectivity index is 0.00000220. The number of amides is 1. The molecule has 1 aliphatic heterocycles. The molecule has 5 nitrogen and oxygen atoms in total. The predicted molar refractivity (Wildman–Crippen MR) is 88.5 cm³/mol. The van der Waals surface area contributed by atoms with E-state index in [1.165, 1.54) is 4.88 Å². The number of anilines is 1. The van der Waals surface area contributed by atoms with Gasteiger partial charge in [-0.05, 0) is 31.8 Å². The Labute approximate surface area is 136 Å². The van der Waals surface area contributed by atoms with E-state index in [2.05, 4.69) is 29.5 Å². The Morgan fingerprint density at radius 1 is 1.52 bits per heavy atom. The Morgan fingerprint density at radius 2 is 2.19 bits per heavy atom. The van der Waals surface area contributed by atoms with Crippen molar-refractivity contribution in [1.82, 2.24) is 10.3 Å². The van der Waals surface area contributed by atoms with Gasteiger partial charge >= 0.3 is 0 Å². The lowest BCUT2D eigenvalue weighted by Gasteiger charge is -2.35. The fourth-order valence-electron chi connectivity index (χ4n) is 2.46. The fraction of sp³-hybridized carbons (Fsp3) is 0.714. The third kappa shape index (κ3) is 4.39. The fourth-order valence-corrected chi connectivity index (χ4v) is 3.27. The van der Waals surface area contributed by atoms with E-state index in [0.717, 1.165) is 25.9 Å². The van der Waals surface area contributed by atoms with Crippen molar-refractivity contribution in [3.05, 3.63) is 11.1 Å². The summed E-state index contributed by atoms with van der Waals surface area (Å²) in [6.45, 7) is 6.41. The monoisotopic (exact) mass is 333 g/mol. The summed E-state index contributed by atoms with van der Waals surface area (Å²) < 4.78 is 5.28. The SMILES string of the molecule is COCC1(C(=O)Nc2ncc(C(C)C)s2)CCNCC1.Cl. The Kier molecular flexibility index (Phi) is 7.06. The van der Waals surface area contributed by atoms with Gasteiger partial charge in [-0.15, -0.1) is 23.7 Å². The Bertz CT molecular complexity index is 453. The van der Waals surface area contributed by atoms with Crippen LogP contribution in [0.15, 0.2) is 6.20 Å². The predicted octanol–water partition coefficient (Wildman–Crippen LogP) is 2.64. The lowest BCUT2D eigenvalue weighted by Crippen LogP contribution is -2.47. The van der Waals surface area contributed by atoms with E-state index in [4.69, 9.17) is 4.74 Å². The standard InChI is InChI=1S/C14H23N3O2S.ClH/c1-10(2)11-8-16-13(20-11)17-12(18)14(9-19-3)4-6-15-7-5-14;/h8,10,15H,4-7,9H2,1-3H3,(H,16,17,18);1H. The molecule has 1 saturated heterocycles. The quantitative estimate of drug-likeness (QED) is 0.869. The number of nitrogens with one attached hydrogen (secondary N) is 2. The van der Waals surface area contributed by atoms with Crippen LogP contribution in [-0.4, -0.2) is 37.7 Å². The van der Waals surface area contributed by atoms with Crippen molar-refractivity contribution in [2.45, 2.75) is 32.6 Å². The first-order valence-corrected chi connectivity index (χ1v) is 7.86. The summed E-state index contributed by atoms with van der Waals surface area (Å²) in [5.74, 6) is 0.468. The van der Waals surface area contributed by atoms with Crippen LogP contribution in [0.1, 0.15) is 37.5 Å². The molecule has 0 radical (unpaired) electrons. The molecule has 1 fully saturated rings. The van der Waals surface area contributed by atoms with Gasteiger partial charge in [0.05, 0.1) is 12.0 Å². The zero-order chi connectivity index (χ0) is 14.6. The van der Waals surface area contributed by atoms with Crippen LogP contribution in [0.2, 0.25) is 0 Å². The molecule has 2 heterocycles. The van der Waals surface area contributed by atoms with E-state index < -0.39 is 5.41 Å². The number of hydrogen-bond acceptors (Lipinski definition) is 5. The highest BCUT2D eigenvalue weighted by molar-refractivity contribution is 7.15. The van der Waals surface area contributed by atoms with E-state index in [9.17, 15) is 4.79 Å². The lowest BCUT2D eigenvalue weighted by atomic mass is 9.79. The molecule has 21 heavy (non-hydrogen) atoms. The number of thiazole rings is 1. The van der Waals surface area contributed by atoms with Crippen LogP contribution in [0.5, 0.6) is 0 Å². The van der Waals surface area contributed by atoms with Crippen molar-refractivity contribution in [3.63, 3.8) is 0 Å². The van der Waals surface area contributed by atoms with Gasteiger partial charge in [-0.25, -0.2) is 4.98 Å². The lowest BCUT2D eigenvalue weighted by molar-refractivity contribution is -0.130. The van der Waals surface area contributed by atoms with Crippen LogP contribution in [0.4, 0.5) is 5.13 Å². The van der Waals surface area contributed by atoms with Crippen LogP contribution in [-0.2, 0) is 9.53 Å². The van der Waals surface area contributed by atoms with Gasteiger partial charge in [-0.2, -0.15) is 0 Å². The highest BCUT2D eigenvalue weighted by Gasteiger charge is 2.40. The second-order valence-electron chi connectivity index (χ2n) is 5.64. The van der Waals surface area contributed by atoms with Crippen molar-refractivity contribution in [2.75, 3.05) is 32.1 Å². The largest absolute Gasteiger partial charge is 0.384 e. The van der Waals surface area contributed by atoms with Crippen LogP contribution in [0.25, 0.3) is 0 Å². The number of hydrogen-bond donors (Lipinski definition) is 2. The maximum Gasteiger partial charge on any atom is 0.234 e. The molecular formula is C14H24ClN3O2S. The van der Waals surface area contributed by atoms with Crippen molar-refractivity contribution in [2.24, 2.45) is 5.41 Å². The van der Waals surface area contributed by atoms with Gasteiger partial charge in [0.15, 0.2) is 5.13 Å². The molecule has 0 bridgehead atoms. The van der Waals surface area contributed by atoms with E-state index in [1.807, 2.05) is 6.20 Å². The number of piperidine rings is 1.